The molecule has 29 heavy (non-hydrogen) atoms. The van der Waals surface area contributed by atoms with E-state index in [1.165, 1.54) is 0 Å². The third kappa shape index (κ3) is 3.35. The minimum Gasteiger partial charge on any atom is -0.365 e. The molecule has 6 nitrogen and oxygen atoms in total. The molecule has 3 atom stereocenters. The zero-order valence-corrected chi connectivity index (χ0v) is 16.3. The van der Waals surface area contributed by atoms with Gasteiger partial charge in [0.25, 0.3) is 5.91 Å². The zero-order chi connectivity index (χ0) is 19.8. The molecule has 6 heteroatoms. The predicted molar refractivity (Wildman–Crippen MR) is 111 cm³/mol. The minimum atomic E-state index is 0.0367. The lowest BCUT2D eigenvalue weighted by molar-refractivity contribution is 0.0692. The summed E-state index contributed by atoms with van der Waals surface area (Å²) in [7, 11) is 0. The standard InChI is InChI=1S/C23H23N5O/c1-15-7-8-21(26-13-15)27-19-11-16-12-20(19)28(14-16)23(29)17-5-4-10-25-22(17)18-6-2-3-9-24-18/h2-10,13,16,19-20H,11-12,14H2,1H3,(H,26,27). The number of aromatic nitrogens is 3. The Morgan fingerprint density at radius 3 is 2.69 bits per heavy atom. The number of amides is 1. The van der Waals surface area contributed by atoms with Crippen molar-refractivity contribution < 1.29 is 4.79 Å². The summed E-state index contributed by atoms with van der Waals surface area (Å²) in [5.41, 5.74) is 3.12. The van der Waals surface area contributed by atoms with E-state index in [0.29, 0.717) is 17.2 Å². The Morgan fingerprint density at radius 1 is 1.03 bits per heavy atom. The maximum atomic E-state index is 13.5. The Kier molecular flexibility index (Phi) is 4.46. The second kappa shape index (κ2) is 7.28. The van der Waals surface area contributed by atoms with Crippen LogP contribution in [-0.2, 0) is 0 Å². The number of carbonyl (C=O) groups is 1. The molecular formula is C23H23N5O. The largest absolute Gasteiger partial charge is 0.365 e. The van der Waals surface area contributed by atoms with Crippen LogP contribution in [0.5, 0.6) is 0 Å². The lowest BCUT2D eigenvalue weighted by atomic mass is 10.0. The molecule has 5 rings (SSSR count). The van der Waals surface area contributed by atoms with Crippen molar-refractivity contribution in [2.75, 3.05) is 11.9 Å². The van der Waals surface area contributed by atoms with Crippen LogP contribution in [0.3, 0.4) is 0 Å². The first-order valence-corrected chi connectivity index (χ1v) is 10.1. The van der Waals surface area contributed by atoms with Crippen molar-refractivity contribution in [3.8, 4) is 11.4 Å². The highest BCUT2D eigenvalue weighted by atomic mass is 16.2. The second-order valence-electron chi connectivity index (χ2n) is 7.95. The van der Waals surface area contributed by atoms with Crippen LogP contribution in [0.15, 0.2) is 61.1 Å². The van der Waals surface area contributed by atoms with Gasteiger partial charge in [-0.2, -0.15) is 0 Å². The van der Waals surface area contributed by atoms with Crippen molar-refractivity contribution in [1.82, 2.24) is 19.9 Å². The highest BCUT2D eigenvalue weighted by Gasteiger charge is 2.47. The first kappa shape index (κ1) is 17.8. The van der Waals surface area contributed by atoms with E-state index >= 15 is 0 Å². The SMILES string of the molecule is Cc1ccc(NC2CC3CC2N(C(=O)c2cccnc2-c2ccccn2)C3)nc1. The third-order valence-electron chi connectivity index (χ3n) is 5.93. The van der Waals surface area contributed by atoms with E-state index in [-0.39, 0.29) is 18.0 Å². The van der Waals surface area contributed by atoms with Crippen LogP contribution in [0.1, 0.15) is 28.8 Å². The van der Waals surface area contributed by atoms with Gasteiger partial charge in [0.2, 0.25) is 0 Å². The lowest BCUT2D eigenvalue weighted by Gasteiger charge is -2.34. The molecule has 1 amide bonds. The number of nitrogens with zero attached hydrogens (tertiary/aromatic N) is 4. The maximum Gasteiger partial charge on any atom is 0.256 e. The number of piperidine rings is 1. The average Bonchev–Trinajstić information content (AvgIpc) is 3.36. The Labute approximate surface area is 170 Å². The number of likely N-dealkylation sites (tertiary alicyclic amines) is 1. The number of anilines is 1. The molecule has 1 saturated heterocycles. The number of aryl methyl sites for hydroxylation is 1. The van der Waals surface area contributed by atoms with Gasteiger partial charge in [0.15, 0.2) is 0 Å². The molecule has 3 aromatic heterocycles. The highest BCUT2D eigenvalue weighted by molar-refractivity contribution is 6.00. The molecule has 0 aromatic carbocycles. The minimum absolute atomic E-state index is 0.0367. The quantitative estimate of drug-likeness (QED) is 0.744. The zero-order valence-electron chi connectivity index (χ0n) is 16.3. The molecule has 4 heterocycles. The summed E-state index contributed by atoms with van der Waals surface area (Å²) in [6, 6.07) is 13.8. The van der Waals surface area contributed by atoms with Crippen molar-refractivity contribution in [3.05, 3.63) is 72.2 Å². The van der Waals surface area contributed by atoms with Crippen molar-refractivity contribution in [3.63, 3.8) is 0 Å². The Balaban J connectivity index is 1.39. The van der Waals surface area contributed by atoms with E-state index in [1.54, 1.807) is 12.4 Å². The van der Waals surface area contributed by atoms with Crippen LogP contribution >= 0.6 is 0 Å². The number of fused-ring (bicyclic) bond motifs is 2. The fourth-order valence-corrected chi connectivity index (χ4v) is 4.60. The lowest BCUT2D eigenvalue weighted by Crippen LogP contribution is -2.47. The van der Waals surface area contributed by atoms with E-state index in [4.69, 9.17) is 0 Å². The first-order valence-electron chi connectivity index (χ1n) is 10.1. The van der Waals surface area contributed by atoms with Gasteiger partial charge in [-0.3, -0.25) is 14.8 Å². The molecule has 0 spiro atoms. The molecule has 2 aliphatic rings. The van der Waals surface area contributed by atoms with Crippen molar-refractivity contribution in [1.29, 1.82) is 0 Å². The van der Waals surface area contributed by atoms with E-state index in [1.807, 2.05) is 54.4 Å². The molecule has 3 unspecified atom stereocenters. The monoisotopic (exact) mass is 385 g/mol. The Bertz CT molecular complexity index is 1020. The molecule has 2 fully saturated rings. The van der Waals surface area contributed by atoms with Crippen LogP contribution in [-0.4, -0.2) is 44.4 Å². The van der Waals surface area contributed by atoms with Crippen LogP contribution in [0.2, 0.25) is 0 Å². The van der Waals surface area contributed by atoms with Crippen LogP contribution < -0.4 is 5.32 Å². The molecule has 1 aliphatic carbocycles. The summed E-state index contributed by atoms with van der Waals surface area (Å²) in [6.45, 7) is 2.83. The van der Waals surface area contributed by atoms with Gasteiger partial charge in [0.1, 0.15) is 11.5 Å². The molecule has 1 aliphatic heterocycles. The number of nitrogens with one attached hydrogen (secondary N) is 1. The van der Waals surface area contributed by atoms with E-state index < -0.39 is 0 Å². The van der Waals surface area contributed by atoms with Crippen molar-refractivity contribution in [2.24, 2.45) is 5.92 Å². The second-order valence-corrected chi connectivity index (χ2v) is 7.95. The smallest absolute Gasteiger partial charge is 0.256 e. The van der Waals surface area contributed by atoms with E-state index in [2.05, 4.69) is 26.3 Å². The van der Waals surface area contributed by atoms with Gasteiger partial charge < -0.3 is 10.2 Å². The summed E-state index contributed by atoms with van der Waals surface area (Å²) in [5, 5.41) is 3.55. The maximum absolute atomic E-state index is 13.5. The number of hydrogen-bond acceptors (Lipinski definition) is 5. The molecule has 146 valence electrons. The third-order valence-corrected chi connectivity index (χ3v) is 5.93. The summed E-state index contributed by atoms with van der Waals surface area (Å²) in [5.74, 6) is 1.44. The first-order chi connectivity index (χ1) is 14.2. The van der Waals surface area contributed by atoms with E-state index in [0.717, 1.165) is 36.5 Å². The molecule has 1 saturated carbocycles. The van der Waals surface area contributed by atoms with Gasteiger partial charge in [-0.05, 0) is 61.6 Å². The predicted octanol–water partition coefficient (Wildman–Crippen LogP) is 3.56. The molecule has 2 bridgehead atoms. The van der Waals surface area contributed by atoms with Crippen LogP contribution in [0.4, 0.5) is 5.82 Å². The van der Waals surface area contributed by atoms with Gasteiger partial charge in [0.05, 0.1) is 17.3 Å². The summed E-state index contributed by atoms with van der Waals surface area (Å²) in [4.78, 5) is 28.8. The van der Waals surface area contributed by atoms with Crippen molar-refractivity contribution in [2.45, 2.75) is 31.8 Å². The van der Waals surface area contributed by atoms with Crippen molar-refractivity contribution >= 4 is 11.7 Å². The number of rotatable bonds is 4. The topological polar surface area (TPSA) is 71.0 Å². The molecular weight excluding hydrogens is 362 g/mol. The van der Waals surface area contributed by atoms with Crippen LogP contribution in [0, 0.1) is 12.8 Å². The molecule has 1 N–H and O–H groups in total. The fraction of sp³-hybridized carbons (Fsp3) is 0.304. The summed E-state index contributed by atoms with van der Waals surface area (Å²) in [6.07, 6.45) is 7.42. The van der Waals surface area contributed by atoms with Gasteiger partial charge >= 0.3 is 0 Å². The van der Waals surface area contributed by atoms with Gasteiger partial charge in [-0.1, -0.05) is 12.1 Å². The summed E-state index contributed by atoms with van der Waals surface area (Å²) < 4.78 is 0. The Hall–Kier alpha value is -3.28. The summed E-state index contributed by atoms with van der Waals surface area (Å²) >= 11 is 0. The fourth-order valence-electron chi connectivity index (χ4n) is 4.60. The molecule has 3 aromatic rings. The average molecular weight is 385 g/mol. The van der Waals surface area contributed by atoms with E-state index in [9.17, 15) is 4.79 Å². The number of carbonyl (C=O) groups excluding carboxylic acids is 1. The number of hydrogen-bond donors (Lipinski definition) is 1. The normalized spacial score (nSPS) is 22.7. The van der Waals surface area contributed by atoms with Gasteiger partial charge in [-0.15, -0.1) is 0 Å². The van der Waals surface area contributed by atoms with Crippen LogP contribution in [0.25, 0.3) is 11.4 Å². The number of pyridine rings is 3. The highest BCUT2D eigenvalue weighted by Crippen LogP contribution is 2.40. The van der Waals surface area contributed by atoms with Gasteiger partial charge in [0, 0.05) is 31.2 Å². The van der Waals surface area contributed by atoms with Gasteiger partial charge in [-0.25, -0.2) is 4.98 Å². The molecule has 0 radical (unpaired) electrons. The Morgan fingerprint density at radius 2 is 1.93 bits per heavy atom.